The van der Waals surface area contributed by atoms with Crippen molar-refractivity contribution in [1.82, 2.24) is 5.32 Å². The molecule has 0 aliphatic heterocycles. The number of hydrogen-bond acceptors (Lipinski definition) is 4. The molecule has 0 saturated heterocycles. The van der Waals surface area contributed by atoms with Gasteiger partial charge in [0.05, 0.1) is 19.6 Å². The summed E-state index contributed by atoms with van der Waals surface area (Å²) in [6.07, 6.45) is -4.24. The van der Waals surface area contributed by atoms with Gasteiger partial charge in [0, 0.05) is 17.3 Å². The van der Waals surface area contributed by atoms with Gasteiger partial charge >= 0.3 is 12.1 Å². The van der Waals surface area contributed by atoms with Crippen LogP contribution >= 0.6 is 11.3 Å². The summed E-state index contributed by atoms with van der Waals surface area (Å²) in [6.45, 7) is 1.83. The molecule has 0 aliphatic rings. The van der Waals surface area contributed by atoms with Gasteiger partial charge in [0.2, 0.25) is 0 Å². The van der Waals surface area contributed by atoms with Gasteiger partial charge in [-0.15, -0.1) is 11.3 Å². The van der Waals surface area contributed by atoms with Crippen LogP contribution in [0.1, 0.15) is 43.5 Å². The number of esters is 1. The minimum atomic E-state index is -4.11. The second-order valence-electron chi connectivity index (χ2n) is 4.92. The minimum absolute atomic E-state index is 0.0764. The van der Waals surface area contributed by atoms with Gasteiger partial charge < -0.3 is 10.1 Å². The van der Waals surface area contributed by atoms with Crippen LogP contribution in [-0.2, 0) is 9.53 Å². The van der Waals surface area contributed by atoms with Gasteiger partial charge in [-0.2, -0.15) is 13.2 Å². The van der Waals surface area contributed by atoms with E-state index in [1.807, 2.05) is 24.4 Å². The highest BCUT2D eigenvalue weighted by Crippen LogP contribution is 2.25. The van der Waals surface area contributed by atoms with Crippen LogP contribution in [0.5, 0.6) is 0 Å². The number of thiophene rings is 1. The molecule has 0 fully saturated rings. The number of alkyl halides is 3. The molecule has 0 aliphatic carbocycles. The summed E-state index contributed by atoms with van der Waals surface area (Å²) in [4.78, 5) is 12.4. The van der Waals surface area contributed by atoms with E-state index in [-0.39, 0.29) is 30.9 Å². The predicted molar refractivity (Wildman–Crippen MR) is 76.2 cm³/mol. The average molecular weight is 323 g/mol. The molecule has 0 saturated carbocycles. The Hall–Kier alpha value is -1.08. The van der Waals surface area contributed by atoms with Gasteiger partial charge in [-0.3, -0.25) is 4.79 Å². The fraction of sp³-hybridized carbons (Fsp3) is 0.643. The highest BCUT2D eigenvalue weighted by molar-refractivity contribution is 7.10. The maximum atomic E-state index is 12.1. The van der Waals surface area contributed by atoms with E-state index in [0.29, 0.717) is 6.42 Å². The first-order valence-corrected chi connectivity index (χ1v) is 7.63. The maximum absolute atomic E-state index is 12.1. The van der Waals surface area contributed by atoms with Crippen LogP contribution in [0.2, 0.25) is 0 Å². The van der Waals surface area contributed by atoms with Crippen molar-refractivity contribution in [2.24, 2.45) is 0 Å². The van der Waals surface area contributed by atoms with Crippen LogP contribution < -0.4 is 5.32 Å². The number of rotatable bonds is 8. The normalized spacial score (nSPS) is 14.7. The first kappa shape index (κ1) is 18.0. The van der Waals surface area contributed by atoms with Crippen LogP contribution in [0, 0.1) is 0 Å². The molecular weight excluding hydrogens is 303 g/mol. The summed E-state index contributed by atoms with van der Waals surface area (Å²) < 4.78 is 41.1. The molecule has 1 N–H and O–H groups in total. The number of halogens is 3. The van der Waals surface area contributed by atoms with Gasteiger partial charge in [-0.05, 0) is 31.2 Å². The molecule has 2 unspecified atom stereocenters. The largest absolute Gasteiger partial charge is 0.469 e. The molecule has 21 heavy (non-hydrogen) atoms. The van der Waals surface area contributed by atoms with Crippen molar-refractivity contribution in [2.45, 2.75) is 50.9 Å². The third kappa shape index (κ3) is 7.47. The summed E-state index contributed by atoms with van der Waals surface area (Å²) >= 11 is 1.50. The molecule has 0 bridgehead atoms. The molecule has 0 aromatic carbocycles. The second-order valence-corrected chi connectivity index (χ2v) is 5.90. The van der Waals surface area contributed by atoms with Crippen molar-refractivity contribution in [3.05, 3.63) is 22.4 Å². The molecular formula is C14H20F3NO2S. The number of carbonyl (C=O) groups excluding carboxylic acids is 1. The van der Waals surface area contributed by atoms with E-state index in [0.717, 1.165) is 4.88 Å². The monoisotopic (exact) mass is 323 g/mol. The van der Waals surface area contributed by atoms with Crippen molar-refractivity contribution in [3.8, 4) is 0 Å². The molecule has 1 rings (SSSR count). The molecule has 3 nitrogen and oxygen atoms in total. The van der Waals surface area contributed by atoms with Gasteiger partial charge in [-0.25, -0.2) is 0 Å². The molecule has 120 valence electrons. The quantitative estimate of drug-likeness (QED) is 0.733. The Balaban J connectivity index is 2.50. The topological polar surface area (TPSA) is 38.3 Å². The molecule has 1 aromatic rings. The summed E-state index contributed by atoms with van der Waals surface area (Å²) in [5.74, 6) is -0.344. The van der Waals surface area contributed by atoms with Gasteiger partial charge in [0.15, 0.2) is 0 Å². The Morgan fingerprint density at radius 1 is 1.48 bits per heavy atom. The van der Waals surface area contributed by atoms with Crippen LogP contribution in [0.4, 0.5) is 13.2 Å². The summed E-state index contributed by atoms with van der Waals surface area (Å²) in [5.41, 5.74) is 0. The van der Waals surface area contributed by atoms with E-state index in [4.69, 9.17) is 0 Å². The highest BCUT2D eigenvalue weighted by Gasteiger charge is 2.27. The Kier molecular flexibility index (Phi) is 7.17. The van der Waals surface area contributed by atoms with Crippen LogP contribution in [0.25, 0.3) is 0 Å². The lowest BCUT2D eigenvalue weighted by molar-refractivity contribution is -0.141. The lowest BCUT2D eigenvalue weighted by Gasteiger charge is -2.22. The molecule has 2 atom stereocenters. The van der Waals surface area contributed by atoms with E-state index in [1.54, 1.807) is 0 Å². The predicted octanol–water partition coefficient (Wildman–Crippen LogP) is 4.06. The van der Waals surface area contributed by atoms with Gasteiger partial charge in [0.25, 0.3) is 0 Å². The Bertz CT molecular complexity index is 420. The second kappa shape index (κ2) is 8.38. The van der Waals surface area contributed by atoms with E-state index in [2.05, 4.69) is 10.1 Å². The van der Waals surface area contributed by atoms with Crippen LogP contribution in [0.15, 0.2) is 17.5 Å². The summed E-state index contributed by atoms with van der Waals surface area (Å²) in [6, 6.07) is 3.44. The first-order valence-electron chi connectivity index (χ1n) is 6.75. The van der Waals surface area contributed by atoms with Crippen molar-refractivity contribution in [3.63, 3.8) is 0 Å². The summed E-state index contributed by atoms with van der Waals surface area (Å²) in [7, 11) is 1.32. The van der Waals surface area contributed by atoms with E-state index in [1.165, 1.54) is 18.4 Å². The lowest BCUT2D eigenvalue weighted by atomic mass is 10.1. The Morgan fingerprint density at radius 3 is 2.71 bits per heavy atom. The molecule has 0 spiro atoms. The molecule has 0 radical (unpaired) electrons. The number of methoxy groups -OCH3 is 1. The molecule has 1 aromatic heterocycles. The zero-order valence-electron chi connectivity index (χ0n) is 12.1. The zero-order valence-corrected chi connectivity index (χ0v) is 12.9. The Morgan fingerprint density at radius 2 is 2.19 bits per heavy atom. The van der Waals surface area contributed by atoms with E-state index >= 15 is 0 Å². The number of hydrogen-bond donors (Lipinski definition) is 1. The average Bonchev–Trinajstić information content (AvgIpc) is 2.90. The van der Waals surface area contributed by atoms with Crippen LogP contribution in [-0.4, -0.2) is 25.3 Å². The number of ether oxygens (including phenoxy) is 1. The van der Waals surface area contributed by atoms with E-state index in [9.17, 15) is 18.0 Å². The summed E-state index contributed by atoms with van der Waals surface area (Å²) in [5, 5.41) is 5.11. The zero-order chi connectivity index (χ0) is 15.9. The molecule has 0 amide bonds. The molecule has 1 heterocycles. The van der Waals surface area contributed by atoms with Crippen molar-refractivity contribution < 1.29 is 22.7 Å². The fourth-order valence-corrected chi connectivity index (χ4v) is 2.80. The highest BCUT2D eigenvalue weighted by atomic mass is 32.1. The third-order valence-corrected chi connectivity index (χ3v) is 4.05. The van der Waals surface area contributed by atoms with E-state index < -0.39 is 12.6 Å². The smallest absolute Gasteiger partial charge is 0.389 e. The van der Waals surface area contributed by atoms with Crippen molar-refractivity contribution >= 4 is 17.3 Å². The first-order chi connectivity index (χ1) is 9.81. The van der Waals surface area contributed by atoms with Crippen molar-refractivity contribution in [2.75, 3.05) is 7.11 Å². The third-order valence-electron chi connectivity index (χ3n) is 3.07. The number of nitrogens with one attached hydrogen (secondary N) is 1. The standard InChI is InChI=1S/C14H20F3NO2S/c1-10(5-3-7-14(15,16)17)18-11(9-13(19)20-2)12-6-4-8-21-12/h4,6,8,10-11,18H,3,5,7,9H2,1-2H3. The fourth-order valence-electron chi connectivity index (χ4n) is 2.02. The Labute approximate surface area is 126 Å². The van der Waals surface area contributed by atoms with Crippen molar-refractivity contribution in [1.29, 1.82) is 0 Å². The lowest BCUT2D eigenvalue weighted by Crippen LogP contribution is -2.32. The van der Waals surface area contributed by atoms with Crippen LogP contribution in [0.3, 0.4) is 0 Å². The number of carbonyl (C=O) groups is 1. The minimum Gasteiger partial charge on any atom is -0.469 e. The van der Waals surface area contributed by atoms with Gasteiger partial charge in [-0.1, -0.05) is 6.07 Å². The molecule has 7 heteroatoms. The SMILES string of the molecule is COC(=O)CC(NC(C)CCCC(F)(F)F)c1cccs1. The van der Waals surface area contributed by atoms with Gasteiger partial charge in [0.1, 0.15) is 0 Å². The maximum Gasteiger partial charge on any atom is 0.389 e.